The maximum atomic E-state index is 12.2. The number of hydrogen-bond donors (Lipinski definition) is 1. The summed E-state index contributed by atoms with van der Waals surface area (Å²) in [7, 11) is 0. The molecule has 1 N–H and O–H groups in total. The van der Waals surface area contributed by atoms with Gasteiger partial charge < -0.3 is 10.1 Å². The van der Waals surface area contributed by atoms with Crippen LogP contribution in [0.25, 0.3) is 0 Å². The van der Waals surface area contributed by atoms with Crippen LogP contribution in [0.2, 0.25) is 0 Å². The lowest BCUT2D eigenvalue weighted by atomic mass is 9.84. The summed E-state index contributed by atoms with van der Waals surface area (Å²) in [5, 5.41) is 12.4. The van der Waals surface area contributed by atoms with Gasteiger partial charge in [-0.15, -0.1) is 0 Å². The molecule has 0 radical (unpaired) electrons. The number of nitrogens with zero attached hydrogens (tertiary/aromatic N) is 1. The summed E-state index contributed by atoms with van der Waals surface area (Å²) in [6, 6.07) is 15.6. The summed E-state index contributed by atoms with van der Waals surface area (Å²) in [5.74, 6) is 0.436. The van der Waals surface area contributed by atoms with Gasteiger partial charge in [0.2, 0.25) is 0 Å². The number of ether oxygens (including phenoxy) is 1. The number of hydrogen-bond acceptors (Lipinski definition) is 4. The first-order chi connectivity index (χ1) is 13.7. The van der Waals surface area contributed by atoms with Crippen molar-refractivity contribution in [3.63, 3.8) is 0 Å². The minimum atomic E-state index is -0.284. The molecule has 28 heavy (non-hydrogen) atoms. The molecule has 1 fully saturated rings. The van der Waals surface area contributed by atoms with Crippen LogP contribution < -0.4 is 5.32 Å². The topological polar surface area (TPSA) is 62.1 Å². The molecule has 0 saturated heterocycles. The van der Waals surface area contributed by atoms with Crippen LogP contribution in [-0.4, -0.2) is 12.6 Å². The summed E-state index contributed by atoms with van der Waals surface area (Å²) in [6.45, 7) is 2.84. The van der Waals surface area contributed by atoms with Crippen LogP contribution in [0.15, 0.2) is 42.5 Å². The van der Waals surface area contributed by atoms with E-state index in [1.165, 1.54) is 37.7 Å². The number of nitrogens with one attached hydrogen (secondary N) is 1. The Morgan fingerprint density at radius 2 is 1.89 bits per heavy atom. The van der Waals surface area contributed by atoms with Gasteiger partial charge in [-0.05, 0) is 54.7 Å². The zero-order chi connectivity index (χ0) is 19.8. The van der Waals surface area contributed by atoms with Crippen LogP contribution in [-0.2, 0) is 17.7 Å². The van der Waals surface area contributed by atoms with Gasteiger partial charge in [-0.1, -0.05) is 50.3 Å². The zero-order valence-corrected chi connectivity index (χ0v) is 16.5. The molecule has 1 aliphatic carbocycles. The number of carbonyl (C=O) groups excluding carboxylic acids is 1. The fourth-order valence-corrected chi connectivity index (χ4v) is 3.86. The molecule has 4 nitrogen and oxygen atoms in total. The quantitative estimate of drug-likeness (QED) is 0.651. The van der Waals surface area contributed by atoms with Crippen molar-refractivity contribution >= 4 is 11.7 Å². The molecule has 0 bridgehead atoms. The van der Waals surface area contributed by atoms with Gasteiger partial charge in [0.15, 0.2) is 0 Å². The van der Waals surface area contributed by atoms with E-state index in [2.05, 4.69) is 17.5 Å². The standard InChI is InChI=1S/C24H28N2O2/c1-2-28-24(27)22-13-12-21(14-18-6-4-3-5-7-18)23(15-22)26-17-20-10-8-19(16-25)9-11-20/h8-13,15,18,26H,2-7,14,17H2,1H3. The molecule has 0 heterocycles. The Balaban J connectivity index is 1.77. The molecule has 0 atom stereocenters. The first-order valence-electron chi connectivity index (χ1n) is 10.2. The third kappa shape index (κ3) is 5.36. The normalized spacial score (nSPS) is 14.3. The van der Waals surface area contributed by atoms with Crippen molar-refractivity contribution in [2.75, 3.05) is 11.9 Å². The van der Waals surface area contributed by atoms with E-state index in [0.29, 0.717) is 24.3 Å². The van der Waals surface area contributed by atoms with Crippen molar-refractivity contribution in [1.29, 1.82) is 5.26 Å². The monoisotopic (exact) mass is 376 g/mol. The van der Waals surface area contributed by atoms with Crippen molar-refractivity contribution in [2.45, 2.75) is 52.0 Å². The predicted octanol–water partition coefficient (Wildman–Crippen LogP) is 5.47. The van der Waals surface area contributed by atoms with E-state index in [1.54, 1.807) is 0 Å². The Morgan fingerprint density at radius 3 is 2.57 bits per heavy atom. The fraction of sp³-hybridized carbons (Fsp3) is 0.417. The van der Waals surface area contributed by atoms with Crippen molar-refractivity contribution < 1.29 is 9.53 Å². The van der Waals surface area contributed by atoms with Crippen molar-refractivity contribution in [3.8, 4) is 6.07 Å². The van der Waals surface area contributed by atoms with Gasteiger partial charge in [-0.25, -0.2) is 4.79 Å². The van der Waals surface area contributed by atoms with Crippen molar-refractivity contribution in [2.24, 2.45) is 5.92 Å². The Hall–Kier alpha value is -2.80. The molecule has 2 aromatic rings. The highest BCUT2D eigenvalue weighted by molar-refractivity contribution is 5.90. The molecule has 1 saturated carbocycles. The average molecular weight is 377 g/mol. The van der Waals surface area contributed by atoms with Crippen LogP contribution in [0.4, 0.5) is 5.69 Å². The highest BCUT2D eigenvalue weighted by Gasteiger charge is 2.17. The highest BCUT2D eigenvalue weighted by Crippen LogP contribution is 2.30. The summed E-state index contributed by atoms with van der Waals surface area (Å²) in [6.07, 6.45) is 7.60. The summed E-state index contributed by atoms with van der Waals surface area (Å²) < 4.78 is 5.16. The smallest absolute Gasteiger partial charge is 0.338 e. The number of benzene rings is 2. The van der Waals surface area contributed by atoms with Gasteiger partial charge >= 0.3 is 5.97 Å². The molecule has 0 unspecified atom stereocenters. The van der Waals surface area contributed by atoms with Gasteiger partial charge in [0.1, 0.15) is 0 Å². The number of carbonyl (C=O) groups is 1. The van der Waals surface area contributed by atoms with Gasteiger partial charge in [0.05, 0.1) is 23.8 Å². The molecule has 0 aromatic heterocycles. The van der Waals surface area contributed by atoms with Gasteiger partial charge in [-0.2, -0.15) is 5.26 Å². The van der Waals surface area contributed by atoms with Crippen LogP contribution in [0.5, 0.6) is 0 Å². The molecular formula is C24H28N2O2. The second kappa shape index (κ2) is 9.94. The van der Waals surface area contributed by atoms with Crippen LogP contribution in [0.1, 0.15) is 66.1 Å². The van der Waals surface area contributed by atoms with Gasteiger partial charge in [0, 0.05) is 12.2 Å². The van der Waals surface area contributed by atoms with E-state index in [1.807, 2.05) is 43.3 Å². The molecule has 0 aliphatic heterocycles. The second-order valence-corrected chi connectivity index (χ2v) is 7.46. The third-order valence-electron chi connectivity index (χ3n) is 5.42. The van der Waals surface area contributed by atoms with Crippen LogP contribution in [0.3, 0.4) is 0 Å². The van der Waals surface area contributed by atoms with E-state index < -0.39 is 0 Å². The molecular weight excluding hydrogens is 348 g/mol. The lowest BCUT2D eigenvalue weighted by molar-refractivity contribution is 0.0526. The average Bonchev–Trinajstić information content (AvgIpc) is 2.74. The molecule has 0 spiro atoms. The Labute approximate surface area is 167 Å². The second-order valence-electron chi connectivity index (χ2n) is 7.46. The van der Waals surface area contributed by atoms with E-state index >= 15 is 0 Å². The number of rotatable bonds is 7. The molecule has 3 rings (SSSR count). The predicted molar refractivity (Wildman–Crippen MR) is 111 cm³/mol. The Bertz CT molecular complexity index is 831. The number of nitriles is 1. The van der Waals surface area contributed by atoms with Crippen molar-refractivity contribution in [1.82, 2.24) is 0 Å². The minimum Gasteiger partial charge on any atom is -0.462 e. The van der Waals surface area contributed by atoms with Gasteiger partial charge in [0.25, 0.3) is 0 Å². The molecule has 4 heteroatoms. The highest BCUT2D eigenvalue weighted by atomic mass is 16.5. The summed E-state index contributed by atoms with van der Waals surface area (Å²) in [4.78, 5) is 12.2. The van der Waals surface area contributed by atoms with Gasteiger partial charge in [-0.3, -0.25) is 0 Å². The molecule has 146 valence electrons. The summed E-state index contributed by atoms with van der Waals surface area (Å²) in [5.41, 5.74) is 4.60. The lowest BCUT2D eigenvalue weighted by Gasteiger charge is -2.23. The maximum absolute atomic E-state index is 12.2. The van der Waals surface area contributed by atoms with Crippen molar-refractivity contribution in [3.05, 3.63) is 64.7 Å². The Kier molecular flexibility index (Phi) is 7.08. The number of esters is 1. The third-order valence-corrected chi connectivity index (χ3v) is 5.42. The van der Waals surface area contributed by atoms with Crippen LogP contribution in [0, 0.1) is 17.2 Å². The molecule has 0 amide bonds. The first kappa shape index (κ1) is 19.9. The first-order valence-corrected chi connectivity index (χ1v) is 10.2. The van der Waals surface area contributed by atoms with E-state index in [9.17, 15) is 4.79 Å². The fourth-order valence-electron chi connectivity index (χ4n) is 3.86. The molecule has 1 aliphatic rings. The van der Waals surface area contributed by atoms with E-state index in [4.69, 9.17) is 10.00 Å². The zero-order valence-electron chi connectivity index (χ0n) is 16.5. The maximum Gasteiger partial charge on any atom is 0.338 e. The number of anilines is 1. The minimum absolute atomic E-state index is 0.284. The Morgan fingerprint density at radius 1 is 1.14 bits per heavy atom. The van der Waals surface area contributed by atoms with E-state index in [0.717, 1.165) is 23.6 Å². The summed E-state index contributed by atoms with van der Waals surface area (Å²) >= 11 is 0. The SMILES string of the molecule is CCOC(=O)c1ccc(CC2CCCCC2)c(NCc2ccc(C#N)cc2)c1. The molecule has 2 aromatic carbocycles. The van der Waals surface area contributed by atoms with Crippen LogP contribution >= 0.6 is 0 Å². The lowest BCUT2D eigenvalue weighted by Crippen LogP contribution is -2.12. The van der Waals surface area contributed by atoms with E-state index in [-0.39, 0.29) is 5.97 Å². The largest absolute Gasteiger partial charge is 0.462 e.